The van der Waals surface area contributed by atoms with Gasteiger partial charge in [-0.15, -0.1) is 0 Å². The zero-order chi connectivity index (χ0) is 16.4. The van der Waals surface area contributed by atoms with Crippen LogP contribution in [-0.2, 0) is 4.79 Å². The smallest absolute Gasteiger partial charge is 0.262 e. The molecule has 1 aliphatic rings. The summed E-state index contributed by atoms with van der Waals surface area (Å²) in [6, 6.07) is 13.0. The minimum absolute atomic E-state index is 0.0935. The number of rotatable bonds is 3. The lowest BCUT2D eigenvalue weighted by molar-refractivity contribution is -0.128. The van der Waals surface area contributed by atoms with Crippen LogP contribution in [0.25, 0.3) is 0 Å². The Bertz CT molecular complexity index is 745. The monoisotopic (exact) mass is 313 g/mol. The Morgan fingerprint density at radius 3 is 2.74 bits per heavy atom. The van der Waals surface area contributed by atoms with Gasteiger partial charge in [0.2, 0.25) is 0 Å². The topological polar surface area (TPSA) is 55.4 Å². The van der Waals surface area contributed by atoms with Gasteiger partial charge in [-0.25, -0.2) is 4.39 Å². The maximum absolute atomic E-state index is 13.2. The number of ether oxygens (including phenoxy) is 1. The maximum Gasteiger partial charge on any atom is 0.262 e. The molecule has 0 saturated carbocycles. The number of ketones is 1. The van der Waals surface area contributed by atoms with E-state index >= 15 is 0 Å². The average molecular weight is 313 g/mol. The van der Waals surface area contributed by atoms with E-state index in [1.165, 1.54) is 12.1 Å². The number of hydrogen-bond acceptors (Lipinski definition) is 3. The van der Waals surface area contributed by atoms with E-state index < -0.39 is 11.9 Å². The summed E-state index contributed by atoms with van der Waals surface area (Å²) in [6.45, 7) is 1.86. The van der Waals surface area contributed by atoms with E-state index in [1.54, 1.807) is 0 Å². The van der Waals surface area contributed by atoms with Crippen LogP contribution in [0.4, 0.5) is 4.39 Å². The summed E-state index contributed by atoms with van der Waals surface area (Å²) >= 11 is 0. The van der Waals surface area contributed by atoms with Gasteiger partial charge < -0.3 is 10.1 Å². The Morgan fingerprint density at radius 2 is 2.00 bits per heavy atom. The van der Waals surface area contributed by atoms with E-state index in [1.807, 2.05) is 37.3 Å². The quantitative estimate of drug-likeness (QED) is 0.947. The van der Waals surface area contributed by atoms with Crippen LogP contribution in [0.15, 0.2) is 48.5 Å². The molecule has 2 unspecified atom stereocenters. The fourth-order valence-corrected chi connectivity index (χ4v) is 2.57. The summed E-state index contributed by atoms with van der Waals surface area (Å²) < 4.78 is 18.8. The highest BCUT2D eigenvalue weighted by molar-refractivity contribution is 6.03. The highest BCUT2D eigenvalue weighted by atomic mass is 19.1. The number of carbonyl (C=O) groups excluding carboxylic acids is 2. The average Bonchev–Trinajstić information content (AvgIpc) is 2.56. The lowest BCUT2D eigenvalue weighted by Crippen LogP contribution is -2.42. The molecule has 2 aromatic rings. The molecule has 1 aliphatic heterocycles. The number of amides is 1. The normalized spacial score (nSPS) is 17.8. The summed E-state index contributed by atoms with van der Waals surface area (Å²) in [6.07, 6.45) is -0.990. The molecule has 2 atom stereocenters. The third-order valence-electron chi connectivity index (χ3n) is 3.83. The fourth-order valence-electron chi connectivity index (χ4n) is 2.57. The van der Waals surface area contributed by atoms with Gasteiger partial charge in [0.05, 0.1) is 18.0 Å². The van der Waals surface area contributed by atoms with E-state index in [9.17, 15) is 14.0 Å². The van der Waals surface area contributed by atoms with Crippen molar-refractivity contribution in [1.29, 1.82) is 0 Å². The third kappa shape index (κ3) is 3.23. The predicted molar refractivity (Wildman–Crippen MR) is 82.8 cm³/mol. The van der Waals surface area contributed by atoms with Crippen LogP contribution in [0.1, 0.15) is 35.3 Å². The van der Waals surface area contributed by atoms with Gasteiger partial charge in [-0.1, -0.05) is 30.3 Å². The summed E-state index contributed by atoms with van der Waals surface area (Å²) in [5.74, 6) is -0.903. The Labute approximate surface area is 133 Å². The number of Topliss-reactive ketones (excluding diaryl/α,β-unsaturated/α-hetero) is 1. The SMILES string of the molecule is CC(NC(=O)C1CC(=O)c2cc(F)ccc2O1)c1ccccc1. The largest absolute Gasteiger partial charge is 0.479 e. The van der Waals surface area contributed by atoms with Crippen molar-refractivity contribution in [3.05, 3.63) is 65.5 Å². The molecular formula is C18H16FNO3. The number of benzene rings is 2. The molecule has 4 nitrogen and oxygen atoms in total. The molecule has 3 rings (SSSR count). The summed E-state index contributed by atoms with van der Waals surface area (Å²) in [5.41, 5.74) is 1.15. The standard InChI is InChI=1S/C18H16FNO3/c1-11(12-5-3-2-4-6-12)20-18(22)17-10-15(21)14-9-13(19)7-8-16(14)23-17/h2-9,11,17H,10H2,1H3,(H,20,22). The van der Waals surface area contributed by atoms with Crippen molar-refractivity contribution in [3.63, 3.8) is 0 Å². The molecule has 0 fully saturated rings. The first-order chi connectivity index (χ1) is 11.0. The van der Waals surface area contributed by atoms with E-state index in [0.29, 0.717) is 0 Å². The highest BCUT2D eigenvalue weighted by Gasteiger charge is 2.32. The van der Waals surface area contributed by atoms with Gasteiger partial charge in [-0.3, -0.25) is 9.59 Å². The van der Waals surface area contributed by atoms with Crippen LogP contribution < -0.4 is 10.1 Å². The lowest BCUT2D eigenvalue weighted by Gasteiger charge is -2.26. The minimum atomic E-state index is -0.897. The third-order valence-corrected chi connectivity index (χ3v) is 3.83. The fraction of sp³-hybridized carbons (Fsp3) is 0.222. The van der Waals surface area contributed by atoms with Crippen LogP contribution in [0.2, 0.25) is 0 Å². The molecule has 1 heterocycles. The zero-order valence-electron chi connectivity index (χ0n) is 12.6. The molecule has 0 radical (unpaired) electrons. The van der Waals surface area contributed by atoms with Crippen molar-refractivity contribution < 1.29 is 18.7 Å². The zero-order valence-corrected chi connectivity index (χ0v) is 12.6. The van der Waals surface area contributed by atoms with E-state index in [-0.39, 0.29) is 35.5 Å². The second-order valence-corrected chi connectivity index (χ2v) is 5.52. The van der Waals surface area contributed by atoms with Crippen LogP contribution in [-0.4, -0.2) is 17.8 Å². The maximum atomic E-state index is 13.2. The van der Waals surface area contributed by atoms with E-state index in [0.717, 1.165) is 11.6 Å². The van der Waals surface area contributed by atoms with Gasteiger partial charge in [0.15, 0.2) is 11.9 Å². The molecule has 2 aromatic carbocycles. The van der Waals surface area contributed by atoms with Crippen molar-refractivity contribution in [2.24, 2.45) is 0 Å². The number of halogens is 1. The predicted octanol–water partition coefficient (Wildman–Crippen LogP) is 3.04. The van der Waals surface area contributed by atoms with Crippen molar-refractivity contribution in [1.82, 2.24) is 5.32 Å². The first-order valence-corrected chi connectivity index (χ1v) is 7.39. The van der Waals surface area contributed by atoms with Crippen molar-refractivity contribution in [2.45, 2.75) is 25.5 Å². The van der Waals surface area contributed by atoms with Crippen LogP contribution in [0, 0.1) is 5.82 Å². The first kappa shape index (κ1) is 15.2. The minimum Gasteiger partial charge on any atom is -0.479 e. The molecular weight excluding hydrogens is 297 g/mol. The molecule has 1 amide bonds. The number of fused-ring (bicyclic) bond motifs is 1. The lowest BCUT2D eigenvalue weighted by atomic mass is 9.99. The molecule has 0 spiro atoms. The van der Waals surface area contributed by atoms with Crippen molar-refractivity contribution >= 4 is 11.7 Å². The number of carbonyl (C=O) groups is 2. The van der Waals surface area contributed by atoms with Gasteiger partial charge >= 0.3 is 0 Å². The molecule has 23 heavy (non-hydrogen) atoms. The molecule has 0 aliphatic carbocycles. The number of hydrogen-bond donors (Lipinski definition) is 1. The van der Waals surface area contributed by atoms with Crippen LogP contribution >= 0.6 is 0 Å². The second-order valence-electron chi connectivity index (χ2n) is 5.52. The highest BCUT2D eigenvalue weighted by Crippen LogP contribution is 2.28. The first-order valence-electron chi connectivity index (χ1n) is 7.39. The van der Waals surface area contributed by atoms with Gasteiger partial charge in [0.1, 0.15) is 11.6 Å². The molecule has 0 saturated heterocycles. The summed E-state index contributed by atoms with van der Waals surface area (Å²) in [7, 11) is 0. The van der Waals surface area contributed by atoms with Crippen molar-refractivity contribution in [3.8, 4) is 5.75 Å². The number of nitrogens with one attached hydrogen (secondary N) is 1. The van der Waals surface area contributed by atoms with Gasteiger partial charge in [0, 0.05) is 0 Å². The van der Waals surface area contributed by atoms with Gasteiger partial charge in [0.25, 0.3) is 5.91 Å². The van der Waals surface area contributed by atoms with E-state index in [2.05, 4.69) is 5.32 Å². The Morgan fingerprint density at radius 1 is 1.26 bits per heavy atom. The molecule has 118 valence electrons. The Balaban J connectivity index is 1.72. The summed E-state index contributed by atoms with van der Waals surface area (Å²) in [4.78, 5) is 24.4. The van der Waals surface area contributed by atoms with Crippen molar-refractivity contribution in [2.75, 3.05) is 0 Å². The van der Waals surface area contributed by atoms with E-state index in [4.69, 9.17) is 4.74 Å². The Hall–Kier alpha value is -2.69. The van der Waals surface area contributed by atoms with Crippen LogP contribution in [0.3, 0.4) is 0 Å². The van der Waals surface area contributed by atoms with Gasteiger partial charge in [-0.2, -0.15) is 0 Å². The Kier molecular flexibility index (Phi) is 4.10. The molecule has 0 bridgehead atoms. The molecule has 1 N–H and O–H groups in total. The summed E-state index contributed by atoms with van der Waals surface area (Å²) in [5, 5.41) is 2.84. The second kappa shape index (κ2) is 6.20. The van der Waals surface area contributed by atoms with Gasteiger partial charge in [-0.05, 0) is 30.7 Å². The van der Waals surface area contributed by atoms with Crippen LogP contribution in [0.5, 0.6) is 5.75 Å². The molecule has 5 heteroatoms. The molecule has 0 aromatic heterocycles.